The van der Waals surface area contributed by atoms with Crippen LogP contribution >= 0.6 is 23.2 Å². The van der Waals surface area contributed by atoms with Gasteiger partial charge in [-0.25, -0.2) is 0 Å². The Hall–Kier alpha value is -1.58. The predicted molar refractivity (Wildman–Crippen MR) is 70.7 cm³/mol. The zero-order chi connectivity index (χ0) is 13.1. The van der Waals surface area contributed by atoms with E-state index in [4.69, 9.17) is 27.9 Å². The summed E-state index contributed by atoms with van der Waals surface area (Å²) >= 11 is 11.9. The van der Waals surface area contributed by atoms with Crippen molar-refractivity contribution >= 4 is 29.0 Å². The van der Waals surface area contributed by atoms with E-state index >= 15 is 0 Å². The summed E-state index contributed by atoms with van der Waals surface area (Å²) in [5.41, 5.74) is 0.748. The first-order valence-electron chi connectivity index (χ1n) is 5.11. The molecule has 0 unspecified atom stereocenters. The predicted octanol–water partition coefficient (Wildman–Crippen LogP) is 3.63. The molecule has 0 aliphatic rings. The first-order chi connectivity index (χ1) is 8.63. The van der Waals surface area contributed by atoms with Gasteiger partial charge in [-0.3, -0.25) is 9.78 Å². The molecule has 0 aliphatic heterocycles. The van der Waals surface area contributed by atoms with Crippen molar-refractivity contribution < 1.29 is 9.53 Å². The first kappa shape index (κ1) is 12.9. The van der Waals surface area contributed by atoms with Gasteiger partial charge in [-0.05, 0) is 18.2 Å². The number of aromatic nitrogens is 1. The molecule has 0 amide bonds. The monoisotopic (exact) mass is 281 g/mol. The number of ether oxygens (including phenoxy) is 1. The van der Waals surface area contributed by atoms with Gasteiger partial charge in [0, 0.05) is 17.3 Å². The molecule has 0 saturated carbocycles. The van der Waals surface area contributed by atoms with Crippen molar-refractivity contribution in [2.75, 3.05) is 7.11 Å². The number of carbonyl (C=O) groups is 1. The normalized spacial score (nSPS) is 10.2. The van der Waals surface area contributed by atoms with Crippen LogP contribution in [0.25, 0.3) is 0 Å². The molecular weight excluding hydrogens is 273 g/mol. The summed E-state index contributed by atoms with van der Waals surface area (Å²) in [7, 11) is 1.51. The number of hydrogen-bond acceptors (Lipinski definition) is 3. The molecule has 2 rings (SSSR count). The fourth-order valence-corrected chi connectivity index (χ4v) is 1.88. The van der Waals surface area contributed by atoms with Crippen LogP contribution < -0.4 is 4.74 Å². The summed E-state index contributed by atoms with van der Waals surface area (Å²) in [6.07, 6.45) is 2.98. The molecule has 1 aromatic heterocycles. The molecule has 18 heavy (non-hydrogen) atoms. The summed E-state index contributed by atoms with van der Waals surface area (Å²) < 4.78 is 5.02. The third-order valence-corrected chi connectivity index (χ3v) is 3.23. The number of halogens is 2. The Morgan fingerprint density at radius 2 is 2.06 bits per heavy atom. The Balaban J connectivity index is 2.44. The number of benzene rings is 1. The Labute approximate surface area is 114 Å². The molecule has 0 atom stereocenters. The topological polar surface area (TPSA) is 39.2 Å². The summed E-state index contributed by atoms with van der Waals surface area (Å²) in [4.78, 5) is 16.2. The maximum absolute atomic E-state index is 12.2. The Kier molecular flexibility index (Phi) is 3.84. The van der Waals surface area contributed by atoms with Crippen LogP contribution in [-0.4, -0.2) is 17.9 Å². The molecule has 92 valence electrons. The minimum Gasteiger partial charge on any atom is -0.495 e. The van der Waals surface area contributed by atoms with E-state index in [0.29, 0.717) is 21.9 Å². The lowest BCUT2D eigenvalue weighted by Gasteiger charge is -2.06. The van der Waals surface area contributed by atoms with E-state index < -0.39 is 0 Å². The maximum atomic E-state index is 12.2. The molecule has 1 aromatic carbocycles. The minimum atomic E-state index is -0.242. The van der Waals surface area contributed by atoms with Crippen molar-refractivity contribution in [1.29, 1.82) is 0 Å². The van der Waals surface area contributed by atoms with Crippen LogP contribution in [0.2, 0.25) is 10.0 Å². The number of pyridine rings is 1. The van der Waals surface area contributed by atoms with Gasteiger partial charge in [-0.1, -0.05) is 29.3 Å². The standard InChI is InChI=1S/C13H9Cl2NO2/c1-18-9-5-8(6-16-7-9)13(17)10-3-2-4-11(14)12(10)15/h2-7H,1H3. The molecule has 0 saturated heterocycles. The number of hydrogen-bond donors (Lipinski definition) is 0. The van der Waals surface area contributed by atoms with Gasteiger partial charge in [0.15, 0.2) is 5.78 Å². The molecular formula is C13H9Cl2NO2. The van der Waals surface area contributed by atoms with Crippen LogP contribution in [0.4, 0.5) is 0 Å². The van der Waals surface area contributed by atoms with Gasteiger partial charge >= 0.3 is 0 Å². The van der Waals surface area contributed by atoms with Gasteiger partial charge in [0.2, 0.25) is 0 Å². The van der Waals surface area contributed by atoms with Gasteiger partial charge in [-0.2, -0.15) is 0 Å². The lowest BCUT2D eigenvalue weighted by atomic mass is 10.1. The Morgan fingerprint density at radius 1 is 1.28 bits per heavy atom. The van der Waals surface area contributed by atoms with E-state index in [1.165, 1.54) is 19.5 Å². The van der Waals surface area contributed by atoms with E-state index in [2.05, 4.69) is 4.98 Å². The summed E-state index contributed by atoms with van der Waals surface area (Å²) in [5.74, 6) is 0.271. The fraction of sp³-hybridized carbons (Fsp3) is 0.0769. The number of ketones is 1. The van der Waals surface area contributed by atoms with Crippen LogP contribution in [0, 0.1) is 0 Å². The largest absolute Gasteiger partial charge is 0.495 e. The van der Waals surface area contributed by atoms with Crippen molar-refractivity contribution in [3.63, 3.8) is 0 Å². The maximum Gasteiger partial charge on any atom is 0.196 e. The zero-order valence-electron chi connectivity index (χ0n) is 9.48. The Bertz CT molecular complexity index is 599. The quantitative estimate of drug-likeness (QED) is 0.807. The molecule has 3 nitrogen and oxygen atoms in total. The van der Waals surface area contributed by atoms with Crippen LogP contribution in [0.5, 0.6) is 5.75 Å². The second-order valence-corrected chi connectivity index (χ2v) is 4.33. The number of nitrogens with zero attached hydrogens (tertiary/aromatic N) is 1. The van der Waals surface area contributed by atoms with Crippen molar-refractivity contribution in [2.24, 2.45) is 0 Å². The van der Waals surface area contributed by atoms with Crippen LogP contribution in [0.15, 0.2) is 36.7 Å². The van der Waals surface area contributed by atoms with E-state index in [-0.39, 0.29) is 10.8 Å². The smallest absolute Gasteiger partial charge is 0.196 e. The zero-order valence-corrected chi connectivity index (χ0v) is 11.0. The molecule has 0 bridgehead atoms. The first-order valence-corrected chi connectivity index (χ1v) is 5.87. The molecule has 0 N–H and O–H groups in total. The number of carbonyl (C=O) groups excluding carboxylic acids is 1. The molecule has 0 fully saturated rings. The minimum absolute atomic E-state index is 0.242. The van der Waals surface area contributed by atoms with Gasteiger partial charge in [0.1, 0.15) is 5.75 Å². The number of methoxy groups -OCH3 is 1. The molecule has 2 aromatic rings. The highest BCUT2D eigenvalue weighted by molar-refractivity contribution is 6.44. The number of rotatable bonds is 3. The highest BCUT2D eigenvalue weighted by Crippen LogP contribution is 2.27. The third kappa shape index (κ3) is 2.47. The SMILES string of the molecule is COc1cncc(C(=O)c2cccc(Cl)c2Cl)c1. The lowest BCUT2D eigenvalue weighted by Crippen LogP contribution is -2.03. The van der Waals surface area contributed by atoms with Crippen molar-refractivity contribution in [3.05, 3.63) is 57.8 Å². The van der Waals surface area contributed by atoms with Gasteiger partial charge in [-0.15, -0.1) is 0 Å². The van der Waals surface area contributed by atoms with Gasteiger partial charge in [0.05, 0.1) is 23.4 Å². The summed E-state index contributed by atoms with van der Waals surface area (Å²) in [6.45, 7) is 0. The average molecular weight is 282 g/mol. The average Bonchev–Trinajstić information content (AvgIpc) is 2.41. The van der Waals surface area contributed by atoms with Gasteiger partial charge < -0.3 is 4.74 Å². The molecule has 0 radical (unpaired) electrons. The summed E-state index contributed by atoms with van der Waals surface area (Å²) in [6, 6.07) is 6.53. The van der Waals surface area contributed by atoms with Crippen molar-refractivity contribution in [2.45, 2.75) is 0 Å². The highest BCUT2D eigenvalue weighted by Gasteiger charge is 2.15. The molecule has 0 aliphatic carbocycles. The lowest BCUT2D eigenvalue weighted by molar-refractivity contribution is 0.103. The third-order valence-electron chi connectivity index (χ3n) is 2.41. The second kappa shape index (κ2) is 5.38. The van der Waals surface area contributed by atoms with Gasteiger partial charge in [0.25, 0.3) is 0 Å². The van der Waals surface area contributed by atoms with Crippen LogP contribution in [0.3, 0.4) is 0 Å². The van der Waals surface area contributed by atoms with Crippen LogP contribution in [0.1, 0.15) is 15.9 Å². The highest BCUT2D eigenvalue weighted by atomic mass is 35.5. The van der Waals surface area contributed by atoms with Crippen molar-refractivity contribution in [3.8, 4) is 5.75 Å². The van der Waals surface area contributed by atoms with Crippen LogP contribution in [-0.2, 0) is 0 Å². The molecule has 1 heterocycles. The molecule has 0 spiro atoms. The van der Waals surface area contributed by atoms with E-state index in [1.54, 1.807) is 24.3 Å². The Morgan fingerprint density at radius 3 is 2.78 bits per heavy atom. The second-order valence-electron chi connectivity index (χ2n) is 3.54. The fourth-order valence-electron chi connectivity index (χ4n) is 1.49. The van der Waals surface area contributed by atoms with E-state index in [9.17, 15) is 4.79 Å². The summed E-state index contributed by atoms with van der Waals surface area (Å²) in [5, 5.41) is 0.588. The van der Waals surface area contributed by atoms with E-state index in [0.717, 1.165) is 0 Å². The molecule has 5 heteroatoms. The van der Waals surface area contributed by atoms with Crippen molar-refractivity contribution in [1.82, 2.24) is 4.98 Å². The van der Waals surface area contributed by atoms with E-state index in [1.807, 2.05) is 0 Å².